The number of rotatable bonds is 7. The molecule has 5 nitrogen and oxygen atoms in total. The Morgan fingerprint density at radius 1 is 1.26 bits per heavy atom. The van der Waals surface area contributed by atoms with Gasteiger partial charge < -0.3 is 16.0 Å². The van der Waals surface area contributed by atoms with E-state index in [1.165, 1.54) is 4.90 Å². The SMILES string of the molecule is CCN(CC(=O)NC(C)C)C(=O)C(C(N)=S)C(C)C. The lowest BCUT2D eigenvalue weighted by Gasteiger charge is -2.27. The summed E-state index contributed by atoms with van der Waals surface area (Å²) in [6.07, 6.45) is 0. The average Bonchev–Trinajstić information content (AvgIpc) is 2.23. The molecule has 6 heteroatoms. The van der Waals surface area contributed by atoms with E-state index in [9.17, 15) is 9.59 Å². The van der Waals surface area contributed by atoms with E-state index in [1.54, 1.807) is 0 Å². The molecule has 0 heterocycles. The van der Waals surface area contributed by atoms with Crippen molar-refractivity contribution >= 4 is 29.0 Å². The van der Waals surface area contributed by atoms with E-state index in [0.717, 1.165) is 0 Å². The summed E-state index contributed by atoms with van der Waals surface area (Å²) in [5, 5.41) is 2.76. The molecule has 0 aliphatic rings. The molecule has 0 saturated carbocycles. The summed E-state index contributed by atoms with van der Waals surface area (Å²) in [6, 6.07) is 0.0535. The van der Waals surface area contributed by atoms with E-state index in [0.29, 0.717) is 6.54 Å². The highest BCUT2D eigenvalue weighted by Crippen LogP contribution is 2.15. The number of nitrogens with one attached hydrogen (secondary N) is 1. The van der Waals surface area contributed by atoms with Crippen LogP contribution >= 0.6 is 12.2 Å². The van der Waals surface area contributed by atoms with Gasteiger partial charge in [-0.25, -0.2) is 0 Å². The second-order valence-corrected chi connectivity index (χ2v) is 5.67. The first kappa shape index (κ1) is 17.8. The van der Waals surface area contributed by atoms with Crippen molar-refractivity contribution in [1.82, 2.24) is 10.2 Å². The maximum atomic E-state index is 12.4. The second kappa shape index (κ2) is 8.09. The number of amides is 2. The van der Waals surface area contributed by atoms with Crippen LogP contribution in [0.1, 0.15) is 34.6 Å². The molecule has 0 bridgehead atoms. The fourth-order valence-corrected chi connectivity index (χ4v) is 2.19. The van der Waals surface area contributed by atoms with E-state index in [4.69, 9.17) is 18.0 Å². The van der Waals surface area contributed by atoms with Crippen molar-refractivity contribution in [3.8, 4) is 0 Å². The van der Waals surface area contributed by atoms with Gasteiger partial charge in [-0.2, -0.15) is 0 Å². The van der Waals surface area contributed by atoms with Crippen LogP contribution in [0.3, 0.4) is 0 Å². The molecule has 1 atom stereocenters. The Balaban J connectivity index is 4.80. The average molecular weight is 287 g/mol. The Bertz CT molecular complexity index is 343. The van der Waals surface area contributed by atoms with Gasteiger partial charge in [0.25, 0.3) is 0 Å². The second-order valence-electron chi connectivity index (χ2n) is 5.20. The number of thiocarbonyl (C=S) groups is 1. The lowest BCUT2D eigenvalue weighted by atomic mass is 9.94. The van der Waals surface area contributed by atoms with Crippen LogP contribution in [0.4, 0.5) is 0 Å². The number of nitrogens with zero attached hydrogens (tertiary/aromatic N) is 1. The third-order valence-corrected chi connectivity index (χ3v) is 2.97. The van der Waals surface area contributed by atoms with Crippen LogP contribution in [-0.4, -0.2) is 40.8 Å². The molecule has 0 spiro atoms. The first-order valence-electron chi connectivity index (χ1n) is 6.58. The molecule has 2 amide bonds. The molecule has 0 aliphatic carbocycles. The van der Waals surface area contributed by atoms with Gasteiger partial charge in [0.05, 0.1) is 17.5 Å². The fourth-order valence-electron chi connectivity index (χ4n) is 1.82. The summed E-state index contributed by atoms with van der Waals surface area (Å²) < 4.78 is 0. The third kappa shape index (κ3) is 6.00. The van der Waals surface area contributed by atoms with Gasteiger partial charge in [-0.15, -0.1) is 0 Å². The van der Waals surface area contributed by atoms with Gasteiger partial charge in [-0.3, -0.25) is 9.59 Å². The Morgan fingerprint density at radius 2 is 1.79 bits per heavy atom. The monoisotopic (exact) mass is 287 g/mol. The number of carbonyl (C=O) groups excluding carboxylic acids is 2. The quantitative estimate of drug-likeness (QED) is 0.683. The van der Waals surface area contributed by atoms with E-state index in [-0.39, 0.29) is 35.3 Å². The maximum absolute atomic E-state index is 12.4. The highest BCUT2D eigenvalue weighted by Gasteiger charge is 2.29. The van der Waals surface area contributed by atoms with Crippen LogP contribution in [0.15, 0.2) is 0 Å². The molecule has 0 aromatic carbocycles. The van der Waals surface area contributed by atoms with Gasteiger partial charge in [-0.1, -0.05) is 26.1 Å². The lowest BCUT2D eigenvalue weighted by molar-refractivity contribution is -0.138. The van der Waals surface area contributed by atoms with E-state index in [1.807, 2.05) is 34.6 Å². The van der Waals surface area contributed by atoms with Crippen LogP contribution in [0.25, 0.3) is 0 Å². The smallest absolute Gasteiger partial charge is 0.239 e. The number of carbonyl (C=O) groups is 2. The third-order valence-electron chi connectivity index (χ3n) is 2.72. The summed E-state index contributed by atoms with van der Waals surface area (Å²) in [6.45, 7) is 9.87. The number of likely N-dealkylation sites (N-methyl/N-ethyl adjacent to an activating group) is 1. The minimum absolute atomic E-state index is 0.0206. The van der Waals surface area contributed by atoms with Crippen LogP contribution < -0.4 is 11.1 Å². The zero-order valence-corrected chi connectivity index (χ0v) is 13.2. The van der Waals surface area contributed by atoms with Gasteiger partial charge >= 0.3 is 0 Å². The van der Waals surface area contributed by atoms with Gasteiger partial charge in [0, 0.05) is 12.6 Å². The largest absolute Gasteiger partial charge is 0.393 e. The predicted molar refractivity (Wildman–Crippen MR) is 80.6 cm³/mol. The van der Waals surface area contributed by atoms with Crippen molar-refractivity contribution in [3.05, 3.63) is 0 Å². The normalized spacial score (nSPS) is 12.4. The molecule has 0 aromatic heterocycles. The van der Waals surface area contributed by atoms with Crippen LogP contribution in [-0.2, 0) is 9.59 Å². The fraction of sp³-hybridized carbons (Fsp3) is 0.769. The Kier molecular flexibility index (Phi) is 7.59. The topological polar surface area (TPSA) is 75.4 Å². The molecule has 0 aromatic rings. The number of hydrogen-bond donors (Lipinski definition) is 2. The zero-order valence-electron chi connectivity index (χ0n) is 12.4. The van der Waals surface area contributed by atoms with Crippen molar-refractivity contribution in [1.29, 1.82) is 0 Å². The first-order valence-corrected chi connectivity index (χ1v) is 6.98. The van der Waals surface area contributed by atoms with Gasteiger partial charge in [-0.05, 0) is 26.7 Å². The molecule has 0 radical (unpaired) electrons. The number of nitrogens with two attached hydrogens (primary N) is 1. The van der Waals surface area contributed by atoms with Crippen molar-refractivity contribution in [3.63, 3.8) is 0 Å². The van der Waals surface area contributed by atoms with Crippen molar-refractivity contribution in [2.75, 3.05) is 13.1 Å². The molecule has 0 fully saturated rings. The lowest BCUT2D eigenvalue weighted by Crippen LogP contribution is -2.48. The molecule has 0 saturated heterocycles. The Hall–Kier alpha value is -1.17. The first-order chi connectivity index (χ1) is 8.70. The molecular formula is C13H25N3O2S. The van der Waals surface area contributed by atoms with Crippen molar-refractivity contribution < 1.29 is 9.59 Å². The van der Waals surface area contributed by atoms with Crippen LogP contribution in [0.5, 0.6) is 0 Å². The summed E-state index contributed by atoms with van der Waals surface area (Å²) >= 11 is 4.95. The molecule has 3 N–H and O–H groups in total. The highest BCUT2D eigenvalue weighted by atomic mass is 32.1. The predicted octanol–water partition coefficient (Wildman–Crippen LogP) is 0.918. The molecule has 0 aliphatic heterocycles. The summed E-state index contributed by atoms with van der Waals surface area (Å²) in [5.41, 5.74) is 5.63. The molecule has 1 unspecified atom stereocenters. The van der Waals surface area contributed by atoms with Crippen LogP contribution in [0.2, 0.25) is 0 Å². The van der Waals surface area contributed by atoms with E-state index >= 15 is 0 Å². The molecular weight excluding hydrogens is 262 g/mol. The van der Waals surface area contributed by atoms with E-state index < -0.39 is 5.92 Å². The highest BCUT2D eigenvalue weighted by molar-refractivity contribution is 7.80. The summed E-state index contributed by atoms with van der Waals surface area (Å²) in [5.74, 6) is -0.839. The minimum Gasteiger partial charge on any atom is -0.393 e. The summed E-state index contributed by atoms with van der Waals surface area (Å²) in [7, 11) is 0. The Labute approximate surface area is 120 Å². The summed E-state index contributed by atoms with van der Waals surface area (Å²) in [4.78, 5) is 25.7. The molecule has 0 rings (SSSR count). The van der Waals surface area contributed by atoms with Crippen LogP contribution in [0, 0.1) is 11.8 Å². The van der Waals surface area contributed by atoms with Gasteiger partial charge in [0.15, 0.2) is 0 Å². The standard InChI is InChI=1S/C13H25N3O2S/c1-6-16(7-10(17)15-9(4)5)13(18)11(8(2)3)12(14)19/h8-9,11H,6-7H2,1-5H3,(H2,14,19)(H,15,17). The molecule has 19 heavy (non-hydrogen) atoms. The Morgan fingerprint density at radius 3 is 2.11 bits per heavy atom. The van der Waals surface area contributed by atoms with E-state index in [2.05, 4.69) is 5.32 Å². The van der Waals surface area contributed by atoms with Gasteiger partial charge in [0.1, 0.15) is 0 Å². The minimum atomic E-state index is -0.512. The number of hydrogen-bond acceptors (Lipinski definition) is 3. The van der Waals surface area contributed by atoms with Crippen molar-refractivity contribution in [2.24, 2.45) is 17.6 Å². The van der Waals surface area contributed by atoms with Crippen molar-refractivity contribution in [2.45, 2.75) is 40.7 Å². The zero-order chi connectivity index (χ0) is 15.2. The maximum Gasteiger partial charge on any atom is 0.239 e. The van der Waals surface area contributed by atoms with Gasteiger partial charge in [0.2, 0.25) is 11.8 Å². The molecule has 110 valence electrons.